The molecule has 0 radical (unpaired) electrons. The van der Waals surface area contributed by atoms with E-state index < -0.39 is 22.0 Å². The Morgan fingerprint density at radius 1 is 0.952 bits per heavy atom. The number of para-hydroxylation sites is 1. The normalized spacial score (nSPS) is 12.6. The van der Waals surface area contributed by atoms with E-state index in [9.17, 15) is 13.2 Å². The zero-order valence-electron chi connectivity index (χ0n) is 11.5. The molecule has 0 fully saturated rings. The number of rotatable bonds is 5. The molecule has 0 bridgehead atoms. The Balaban J connectivity index is 2.04. The first-order chi connectivity index (χ1) is 9.99. The maximum atomic E-state index is 12.1. The molecule has 1 atom stereocenters. The molecule has 5 nitrogen and oxygen atoms in total. The van der Waals surface area contributed by atoms with Crippen LogP contribution in [0.1, 0.15) is 6.92 Å². The number of hydrogen-bond donors (Lipinski definition) is 2. The average molecular weight is 304 g/mol. The molecule has 0 aliphatic heterocycles. The number of benzene rings is 2. The van der Waals surface area contributed by atoms with Gasteiger partial charge in [-0.25, -0.2) is 8.42 Å². The first kappa shape index (κ1) is 15.2. The first-order valence-corrected chi connectivity index (χ1v) is 7.90. The Hall–Kier alpha value is -2.18. The van der Waals surface area contributed by atoms with E-state index in [-0.39, 0.29) is 4.90 Å². The van der Waals surface area contributed by atoms with Gasteiger partial charge in [0.2, 0.25) is 15.9 Å². The lowest BCUT2D eigenvalue weighted by molar-refractivity contribution is -0.117. The van der Waals surface area contributed by atoms with Crippen LogP contribution in [0.2, 0.25) is 0 Å². The van der Waals surface area contributed by atoms with Crippen molar-refractivity contribution in [2.75, 3.05) is 5.32 Å². The van der Waals surface area contributed by atoms with Gasteiger partial charge in [0.15, 0.2) is 0 Å². The van der Waals surface area contributed by atoms with Gasteiger partial charge in [-0.3, -0.25) is 4.79 Å². The van der Waals surface area contributed by atoms with Crippen molar-refractivity contribution in [2.45, 2.75) is 17.9 Å². The van der Waals surface area contributed by atoms with E-state index in [1.807, 2.05) is 6.07 Å². The molecular formula is C15H16N2O3S. The van der Waals surface area contributed by atoms with E-state index >= 15 is 0 Å². The van der Waals surface area contributed by atoms with Crippen molar-refractivity contribution in [1.29, 1.82) is 0 Å². The van der Waals surface area contributed by atoms with Crippen LogP contribution < -0.4 is 10.0 Å². The molecular weight excluding hydrogens is 288 g/mol. The second-order valence-electron chi connectivity index (χ2n) is 4.51. The van der Waals surface area contributed by atoms with Crippen LogP contribution in [0.3, 0.4) is 0 Å². The zero-order valence-corrected chi connectivity index (χ0v) is 12.3. The molecule has 0 aliphatic carbocycles. The van der Waals surface area contributed by atoms with Crippen LogP contribution in [0.25, 0.3) is 0 Å². The average Bonchev–Trinajstić information content (AvgIpc) is 2.48. The second-order valence-corrected chi connectivity index (χ2v) is 6.23. The molecule has 110 valence electrons. The van der Waals surface area contributed by atoms with Crippen LogP contribution in [-0.4, -0.2) is 20.4 Å². The molecule has 0 saturated heterocycles. The third kappa shape index (κ3) is 4.14. The number of nitrogens with one attached hydrogen (secondary N) is 2. The second kappa shape index (κ2) is 6.51. The summed E-state index contributed by atoms with van der Waals surface area (Å²) in [5.41, 5.74) is 0.619. The highest BCUT2D eigenvalue weighted by atomic mass is 32.2. The van der Waals surface area contributed by atoms with Gasteiger partial charge in [0.05, 0.1) is 10.9 Å². The number of hydrogen-bond acceptors (Lipinski definition) is 3. The Kier molecular flexibility index (Phi) is 4.72. The van der Waals surface area contributed by atoms with Gasteiger partial charge in [0.25, 0.3) is 0 Å². The summed E-state index contributed by atoms with van der Waals surface area (Å²) in [5.74, 6) is -0.416. The van der Waals surface area contributed by atoms with E-state index in [1.165, 1.54) is 19.1 Å². The predicted octanol–water partition coefficient (Wildman–Crippen LogP) is 1.99. The standard InChI is InChI=1S/C15H16N2O3S/c1-12(15(18)16-13-8-4-2-5-9-13)17-21(19,20)14-10-6-3-7-11-14/h2-12,17H,1H3,(H,16,18)/t12-/m0/s1. The Morgan fingerprint density at radius 3 is 2.05 bits per heavy atom. The van der Waals surface area contributed by atoms with Gasteiger partial charge in [-0.1, -0.05) is 36.4 Å². The van der Waals surface area contributed by atoms with Gasteiger partial charge >= 0.3 is 0 Å². The third-order valence-electron chi connectivity index (χ3n) is 2.82. The Labute approximate surface area is 124 Å². The fraction of sp³-hybridized carbons (Fsp3) is 0.133. The minimum atomic E-state index is -3.71. The monoisotopic (exact) mass is 304 g/mol. The highest BCUT2D eigenvalue weighted by molar-refractivity contribution is 7.89. The fourth-order valence-electron chi connectivity index (χ4n) is 1.73. The van der Waals surface area contributed by atoms with Crippen LogP contribution in [0.15, 0.2) is 65.6 Å². The van der Waals surface area contributed by atoms with Crippen LogP contribution in [0.5, 0.6) is 0 Å². The highest BCUT2D eigenvalue weighted by Crippen LogP contribution is 2.09. The van der Waals surface area contributed by atoms with Crippen molar-refractivity contribution in [1.82, 2.24) is 4.72 Å². The molecule has 0 aliphatic rings. The summed E-state index contributed by atoms with van der Waals surface area (Å²) in [6.07, 6.45) is 0. The number of anilines is 1. The van der Waals surface area contributed by atoms with Gasteiger partial charge in [0.1, 0.15) is 0 Å². The molecule has 2 rings (SSSR count). The lowest BCUT2D eigenvalue weighted by Gasteiger charge is -2.14. The Morgan fingerprint density at radius 2 is 1.48 bits per heavy atom. The minimum absolute atomic E-state index is 0.129. The fourth-order valence-corrected chi connectivity index (χ4v) is 2.95. The largest absolute Gasteiger partial charge is 0.325 e. The van der Waals surface area contributed by atoms with Crippen molar-refractivity contribution < 1.29 is 13.2 Å². The molecule has 6 heteroatoms. The summed E-state index contributed by atoms with van der Waals surface area (Å²) in [6.45, 7) is 1.50. The predicted molar refractivity (Wildman–Crippen MR) is 81.3 cm³/mol. The summed E-state index contributed by atoms with van der Waals surface area (Å²) in [6, 6.07) is 15.9. The number of sulfonamides is 1. The molecule has 0 spiro atoms. The smallest absolute Gasteiger partial charge is 0.242 e. The summed E-state index contributed by atoms with van der Waals surface area (Å²) >= 11 is 0. The van der Waals surface area contributed by atoms with Gasteiger partial charge in [0, 0.05) is 5.69 Å². The quantitative estimate of drug-likeness (QED) is 0.887. The molecule has 0 unspecified atom stereocenters. The maximum absolute atomic E-state index is 12.1. The van der Waals surface area contributed by atoms with Gasteiger partial charge in [-0.15, -0.1) is 0 Å². The lowest BCUT2D eigenvalue weighted by atomic mass is 10.3. The van der Waals surface area contributed by atoms with E-state index in [2.05, 4.69) is 10.0 Å². The van der Waals surface area contributed by atoms with Crippen LogP contribution in [0, 0.1) is 0 Å². The molecule has 0 aromatic heterocycles. The zero-order chi connectivity index (χ0) is 15.3. The van der Waals surface area contributed by atoms with Crippen LogP contribution in [-0.2, 0) is 14.8 Å². The summed E-state index contributed by atoms with van der Waals surface area (Å²) in [7, 11) is -3.71. The number of carbonyl (C=O) groups is 1. The summed E-state index contributed by atoms with van der Waals surface area (Å²) < 4.78 is 26.6. The minimum Gasteiger partial charge on any atom is -0.325 e. The van der Waals surface area contributed by atoms with Crippen LogP contribution >= 0.6 is 0 Å². The van der Waals surface area contributed by atoms with E-state index in [1.54, 1.807) is 42.5 Å². The van der Waals surface area contributed by atoms with Crippen molar-refractivity contribution >= 4 is 21.6 Å². The number of carbonyl (C=O) groups excluding carboxylic acids is 1. The molecule has 2 aromatic carbocycles. The molecule has 0 heterocycles. The van der Waals surface area contributed by atoms with Crippen molar-refractivity contribution in [3.63, 3.8) is 0 Å². The highest BCUT2D eigenvalue weighted by Gasteiger charge is 2.21. The number of amides is 1. The topological polar surface area (TPSA) is 75.3 Å². The van der Waals surface area contributed by atoms with Gasteiger partial charge in [-0.2, -0.15) is 4.72 Å². The lowest BCUT2D eigenvalue weighted by Crippen LogP contribution is -2.41. The van der Waals surface area contributed by atoms with Crippen molar-refractivity contribution in [3.8, 4) is 0 Å². The molecule has 2 N–H and O–H groups in total. The summed E-state index contributed by atoms with van der Waals surface area (Å²) in [4.78, 5) is 12.1. The van der Waals surface area contributed by atoms with E-state index in [4.69, 9.17) is 0 Å². The molecule has 1 amide bonds. The molecule has 0 saturated carbocycles. The van der Waals surface area contributed by atoms with Crippen molar-refractivity contribution in [2.24, 2.45) is 0 Å². The van der Waals surface area contributed by atoms with E-state index in [0.717, 1.165) is 0 Å². The molecule has 21 heavy (non-hydrogen) atoms. The maximum Gasteiger partial charge on any atom is 0.242 e. The van der Waals surface area contributed by atoms with E-state index in [0.29, 0.717) is 5.69 Å². The molecule has 2 aromatic rings. The van der Waals surface area contributed by atoms with Crippen molar-refractivity contribution in [3.05, 3.63) is 60.7 Å². The SMILES string of the molecule is C[C@H](NS(=O)(=O)c1ccccc1)C(=O)Nc1ccccc1. The Bertz CT molecular complexity index is 700. The van der Waals surface area contributed by atoms with Crippen LogP contribution in [0.4, 0.5) is 5.69 Å². The first-order valence-electron chi connectivity index (χ1n) is 6.42. The third-order valence-corrected chi connectivity index (χ3v) is 4.38. The van der Waals surface area contributed by atoms with Gasteiger partial charge < -0.3 is 5.32 Å². The summed E-state index contributed by atoms with van der Waals surface area (Å²) in [5, 5.41) is 2.65. The van der Waals surface area contributed by atoms with Gasteiger partial charge in [-0.05, 0) is 31.2 Å².